The largest absolute Gasteiger partial charge is 0.457 e. The summed E-state index contributed by atoms with van der Waals surface area (Å²) in [5, 5.41) is 23.9. The molecule has 0 atom stereocenters. The average molecular weight is 603 g/mol. The fourth-order valence-electron chi connectivity index (χ4n) is 3.93. The maximum Gasteiger partial charge on any atom is 0.287 e. The molecule has 5 aromatic rings. The first-order chi connectivity index (χ1) is 19.8. The summed E-state index contributed by atoms with van der Waals surface area (Å²) in [6.07, 6.45) is 1.49. The Labute approximate surface area is 245 Å². The van der Waals surface area contributed by atoms with Crippen LogP contribution >= 0.6 is 34.5 Å². The van der Waals surface area contributed by atoms with Crippen LogP contribution in [0, 0.1) is 21.4 Å². The monoisotopic (exact) mass is 602 g/mol. The van der Waals surface area contributed by atoms with Gasteiger partial charge in [-0.25, -0.2) is 0 Å². The van der Waals surface area contributed by atoms with Crippen LogP contribution in [0.4, 0.5) is 11.4 Å². The van der Waals surface area contributed by atoms with E-state index < -0.39 is 16.4 Å². The Morgan fingerprint density at radius 3 is 2.44 bits per heavy atom. The van der Waals surface area contributed by atoms with Gasteiger partial charge in [-0.05, 0) is 48.5 Å². The molecule has 0 aliphatic rings. The third kappa shape index (κ3) is 5.69. The van der Waals surface area contributed by atoms with Crippen molar-refractivity contribution in [1.82, 2.24) is 4.57 Å². The lowest BCUT2D eigenvalue weighted by atomic mass is 10.1. The Morgan fingerprint density at radius 1 is 1.02 bits per heavy atom. The number of para-hydroxylation sites is 2. The van der Waals surface area contributed by atoms with Crippen molar-refractivity contribution in [2.24, 2.45) is 0 Å². The van der Waals surface area contributed by atoms with Crippen LogP contribution in [0.5, 0.6) is 0 Å². The number of hydrogen-bond donors (Lipinski definition) is 1. The number of anilines is 1. The molecule has 5 rings (SSSR count). The number of nitrogens with zero attached hydrogens (tertiary/aromatic N) is 3. The molecular weight excluding hydrogens is 587 g/mol. The van der Waals surface area contributed by atoms with Gasteiger partial charge < -0.3 is 9.73 Å². The van der Waals surface area contributed by atoms with Crippen LogP contribution in [0.1, 0.15) is 5.76 Å². The number of nitriles is 1. The van der Waals surface area contributed by atoms with E-state index in [1.165, 1.54) is 28.8 Å². The predicted octanol–water partition coefficient (Wildman–Crippen LogP) is 5.52. The molecule has 41 heavy (non-hydrogen) atoms. The molecule has 2 aromatic heterocycles. The quantitative estimate of drug-likeness (QED) is 0.201. The third-order valence-corrected chi connectivity index (χ3v) is 7.57. The van der Waals surface area contributed by atoms with Crippen LogP contribution in [0.25, 0.3) is 28.7 Å². The molecule has 3 aromatic carbocycles. The predicted molar refractivity (Wildman–Crippen MR) is 158 cm³/mol. The van der Waals surface area contributed by atoms with Gasteiger partial charge in [-0.3, -0.25) is 24.3 Å². The average Bonchev–Trinajstić information content (AvgIpc) is 3.55. The molecule has 2 heterocycles. The summed E-state index contributed by atoms with van der Waals surface area (Å²) in [6, 6.07) is 24.6. The fraction of sp³-hybridized carbons (Fsp3) is 0. The molecule has 9 nitrogen and oxygen atoms in total. The number of amides is 1. The SMILES string of the molecule is N#CC(C(=O)Nc1ccccc1Cl)=c1sc(=Cc2ccc(-c3ccc([N+](=O)[O-])c(Cl)c3)o2)c(=O)n1-c1ccccc1. The highest BCUT2D eigenvalue weighted by molar-refractivity contribution is 7.07. The van der Waals surface area contributed by atoms with Crippen molar-refractivity contribution in [3.05, 3.63) is 130 Å². The van der Waals surface area contributed by atoms with E-state index in [0.29, 0.717) is 33.5 Å². The first-order valence-electron chi connectivity index (χ1n) is 11.8. The topological polar surface area (TPSA) is 131 Å². The molecule has 0 saturated heterocycles. The zero-order chi connectivity index (χ0) is 29.1. The summed E-state index contributed by atoms with van der Waals surface area (Å²) in [4.78, 5) is 37.3. The van der Waals surface area contributed by atoms with Gasteiger partial charge in [0.1, 0.15) is 27.3 Å². The molecule has 0 spiro atoms. The molecule has 0 bridgehead atoms. The number of nitrogens with one attached hydrogen (secondary N) is 1. The van der Waals surface area contributed by atoms with Crippen molar-refractivity contribution in [3.63, 3.8) is 0 Å². The van der Waals surface area contributed by atoms with Crippen LogP contribution in [0.2, 0.25) is 10.0 Å². The van der Waals surface area contributed by atoms with Crippen LogP contribution in [-0.2, 0) is 4.79 Å². The number of carbonyl (C=O) groups is 1. The molecule has 1 N–H and O–H groups in total. The Kier molecular flexibility index (Phi) is 7.85. The van der Waals surface area contributed by atoms with Crippen LogP contribution in [0.3, 0.4) is 0 Å². The smallest absolute Gasteiger partial charge is 0.287 e. The molecule has 0 aliphatic carbocycles. The number of rotatable bonds is 6. The van der Waals surface area contributed by atoms with Crippen molar-refractivity contribution in [2.45, 2.75) is 0 Å². The van der Waals surface area contributed by atoms with Crippen molar-refractivity contribution in [2.75, 3.05) is 5.32 Å². The van der Waals surface area contributed by atoms with Gasteiger partial charge in [0.05, 0.1) is 25.9 Å². The second-order valence-electron chi connectivity index (χ2n) is 8.44. The molecule has 0 saturated carbocycles. The minimum absolute atomic E-state index is 0.0438. The van der Waals surface area contributed by atoms with Crippen LogP contribution < -0.4 is 20.1 Å². The first-order valence-corrected chi connectivity index (χ1v) is 13.4. The highest BCUT2D eigenvalue weighted by atomic mass is 35.5. The maximum absolute atomic E-state index is 13.6. The molecule has 1 amide bonds. The number of halogens is 2. The van der Waals surface area contributed by atoms with Gasteiger partial charge in [0.15, 0.2) is 5.57 Å². The van der Waals surface area contributed by atoms with E-state index in [-0.39, 0.29) is 25.5 Å². The van der Waals surface area contributed by atoms with Crippen LogP contribution in [-0.4, -0.2) is 15.4 Å². The van der Waals surface area contributed by atoms with E-state index in [1.54, 1.807) is 66.7 Å². The second-order valence-corrected chi connectivity index (χ2v) is 10.3. The van der Waals surface area contributed by atoms with Gasteiger partial charge in [0, 0.05) is 17.7 Å². The summed E-state index contributed by atoms with van der Waals surface area (Å²) < 4.78 is 7.48. The maximum atomic E-state index is 13.6. The number of nitro benzene ring substituents is 1. The Bertz CT molecular complexity index is 2040. The Morgan fingerprint density at radius 2 is 1.76 bits per heavy atom. The minimum atomic E-state index is -0.728. The number of nitro groups is 1. The minimum Gasteiger partial charge on any atom is -0.457 e. The highest BCUT2D eigenvalue weighted by Gasteiger charge is 2.19. The number of benzene rings is 3. The van der Waals surface area contributed by atoms with Gasteiger partial charge in [0.25, 0.3) is 17.2 Å². The van der Waals surface area contributed by atoms with Crippen molar-refractivity contribution < 1.29 is 14.1 Å². The van der Waals surface area contributed by atoms with Gasteiger partial charge >= 0.3 is 0 Å². The molecule has 202 valence electrons. The molecule has 0 aliphatic heterocycles. The highest BCUT2D eigenvalue weighted by Crippen LogP contribution is 2.31. The summed E-state index contributed by atoms with van der Waals surface area (Å²) in [6.45, 7) is 0. The van der Waals surface area contributed by atoms with E-state index in [9.17, 15) is 25.0 Å². The second kappa shape index (κ2) is 11.7. The van der Waals surface area contributed by atoms with Gasteiger partial charge in [-0.15, -0.1) is 11.3 Å². The van der Waals surface area contributed by atoms with Crippen molar-refractivity contribution in [3.8, 4) is 23.1 Å². The number of thiazole rings is 1. The van der Waals surface area contributed by atoms with Crippen LogP contribution in [0.15, 0.2) is 94.1 Å². The molecule has 12 heteroatoms. The summed E-state index contributed by atoms with van der Waals surface area (Å²) in [7, 11) is 0. The normalized spacial score (nSPS) is 12.1. The standard InChI is InChI=1S/C29H16Cl2N4O5S/c30-21-8-4-5-9-23(21)33-27(36)20(16-32)29-34(18-6-2-1-3-7-18)28(37)26(41-29)15-19-11-13-25(40-19)17-10-12-24(35(38)39)22(31)14-17/h1-15H,(H,33,36). The van der Waals surface area contributed by atoms with Crippen molar-refractivity contribution in [1.29, 1.82) is 5.26 Å². The Balaban J connectivity index is 1.63. The number of aromatic nitrogens is 1. The lowest BCUT2D eigenvalue weighted by Crippen LogP contribution is -2.32. The first kappa shape index (κ1) is 27.6. The summed E-state index contributed by atoms with van der Waals surface area (Å²) in [5.74, 6) is -0.0522. The molecule has 0 unspecified atom stereocenters. The van der Waals surface area contributed by atoms with Gasteiger partial charge in [-0.2, -0.15) is 5.26 Å². The number of carbonyl (C=O) groups excluding carboxylic acids is 1. The Hall–Kier alpha value is -4.95. The zero-order valence-corrected chi connectivity index (χ0v) is 23.0. The fourth-order valence-corrected chi connectivity index (χ4v) is 5.44. The lowest BCUT2D eigenvalue weighted by Gasteiger charge is -2.07. The van der Waals surface area contributed by atoms with Crippen molar-refractivity contribution >= 4 is 63.5 Å². The van der Waals surface area contributed by atoms with E-state index in [1.807, 2.05) is 6.07 Å². The van der Waals surface area contributed by atoms with E-state index >= 15 is 0 Å². The molecular formula is C29H16Cl2N4O5S. The van der Waals surface area contributed by atoms with E-state index in [2.05, 4.69) is 5.32 Å². The zero-order valence-electron chi connectivity index (χ0n) is 20.7. The molecule has 0 fully saturated rings. The molecule has 0 radical (unpaired) electrons. The van der Waals surface area contributed by atoms with E-state index in [4.69, 9.17) is 27.6 Å². The summed E-state index contributed by atoms with van der Waals surface area (Å²) >= 11 is 13.2. The number of furan rings is 1. The van der Waals surface area contributed by atoms with Gasteiger partial charge in [-0.1, -0.05) is 53.5 Å². The van der Waals surface area contributed by atoms with E-state index in [0.717, 1.165) is 11.3 Å². The lowest BCUT2D eigenvalue weighted by molar-refractivity contribution is -0.384. The third-order valence-electron chi connectivity index (χ3n) is 5.84. The van der Waals surface area contributed by atoms with Gasteiger partial charge in [0.2, 0.25) is 0 Å². The number of hydrogen-bond acceptors (Lipinski definition) is 7. The summed E-state index contributed by atoms with van der Waals surface area (Å²) in [5.41, 5.74) is 0.303.